The van der Waals surface area contributed by atoms with Gasteiger partial charge in [-0.2, -0.15) is 0 Å². The normalized spacial score (nSPS) is 10.5. The second-order valence-electron chi connectivity index (χ2n) is 4.08. The highest BCUT2D eigenvalue weighted by atomic mass is 16.1. The maximum atomic E-state index is 11.6. The Morgan fingerprint density at radius 1 is 1.32 bits per heavy atom. The molecule has 0 unspecified atom stereocenters. The Kier molecular flexibility index (Phi) is 4.29. The molecule has 19 heavy (non-hydrogen) atoms. The maximum Gasteiger partial charge on any atom is 0.244 e. The van der Waals surface area contributed by atoms with E-state index in [1.807, 2.05) is 30.3 Å². The predicted molar refractivity (Wildman–Crippen MR) is 76.0 cm³/mol. The fourth-order valence-electron chi connectivity index (χ4n) is 1.59. The summed E-state index contributed by atoms with van der Waals surface area (Å²) >= 11 is 0. The molecule has 4 nitrogen and oxygen atoms in total. The molecule has 1 amide bonds. The van der Waals surface area contributed by atoms with Crippen LogP contribution in [0, 0.1) is 0 Å². The first-order valence-corrected chi connectivity index (χ1v) is 5.94. The first kappa shape index (κ1) is 12.8. The molecule has 4 heteroatoms. The van der Waals surface area contributed by atoms with Gasteiger partial charge >= 0.3 is 0 Å². The molecule has 0 atom stereocenters. The Morgan fingerprint density at radius 3 is 2.95 bits per heavy atom. The van der Waals surface area contributed by atoms with Gasteiger partial charge in [0.15, 0.2) is 0 Å². The highest BCUT2D eigenvalue weighted by molar-refractivity contribution is 5.91. The molecule has 0 saturated carbocycles. The van der Waals surface area contributed by atoms with Crippen LogP contribution in [-0.2, 0) is 11.3 Å². The van der Waals surface area contributed by atoms with Crippen molar-refractivity contribution in [3.8, 4) is 0 Å². The Morgan fingerprint density at radius 2 is 2.21 bits per heavy atom. The van der Waals surface area contributed by atoms with E-state index in [0.29, 0.717) is 12.2 Å². The number of hydrogen-bond acceptors (Lipinski definition) is 3. The Balaban J connectivity index is 1.88. The van der Waals surface area contributed by atoms with Crippen molar-refractivity contribution >= 4 is 17.7 Å². The Hall–Kier alpha value is -2.62. The fraction of sp³-hybridized carbons (Fsp3) is 0.0667. The van der Waals surface area contributed by atoms with Crippen molar-refractivity contribution in [1.29, 1.82) is 0 Å². The minimum Gasteiger partial charge on any atom is -0.399 e. The highest BCUT2D eigenvalue weighted by Crippen LogP contribution is 2.07. The van der Waals surface area contributed by atoms with Gasteiger partial charge in [-0.3, -0.25) is 9.78 Å². The quantitative estimate of drug-likeness (QED) is 0.647. The SMILES string of the molecule is Nc1cccc(/C=C/C(=O)NCc2cccnc2)c1. The number of nitrogen functional groups attached to an aromatic ring is 1. The summed E-state index contributed by atoms with van der Waals surface area (Å²) in [4.78, 5) is 15.6. The van der Waals surface area contributed by atoms with E-state index in [1.165, 1.54) is 6.08 Å². The van der Waals surface area contributed by atoms with Gasteiger partial charge in [0.25, 0.3) is 0 Å². The molecule has 3 N–H and O–H groups in total. The van der Waals surface area contributed by atoms with Crippen molar-refractivity contribution in [2.75, 3.05) is 5.73 Å². The lowest BCUT2D eigenvalue weighted by atomic mass is 10.2. The van der Waals surface area contributed by atoms with Crippen LogP contribution in [0.5, 0.6) is 0 Å². The second kappa shape index (κ2) is 6.35. The number of rotatable bonds is 4. The number of hydrogen-bond donors (Lipinski definition) is 2. The van der Waals surface area contributed by atoms with Crippen LogP contribution in [0.2, 0.25) is 0 Å². The van der Waals surface area contributed by atoms with Gasteiger partial charge in [0.05, 0.1) is 0 Å². The summed E-state index contributed by atoms with van der Waals surface area (Å²) < 4.78 is 0. The number of nitrogens with one attached hydrogen (secondary N) is 1. The predicted octanol–water partition coefficient (Wildman–Crippen LogP) is 1.99. The van der Waals surface area contributed by atoms with Gasteiger partial charge in [0.2, 0.25) is 5.91 Å². The molecule has 1 heterocycles. The average molecular weight is 253 g/mol. The lowest BCUT2D eigenvalue weighted by molar-refractivity contribution is -0.116. The number of anilines is 1. The van der Waals surface area contributed by atoms with E-state index in [0.717, 1.165) is 11.1 Å². The van der Waals surface area contributed by atoms with E-state index >= 15 is 0 Å². The Bertz CT molecular complexity index is 579. The summed E-state index contributed by atoms with van der Waals surface area (Å²) in [5, 5.41) is 2.79. The van der Waals surface area contributed by atoms with Gasteiger partial charge in [-0.25, -0.2) is 0 Å². The summed E-state index contributed by atoms with van der Waals surface area (Å²) in [6.45, 7) is 0.466. The summed E-state index contributed by atoms with van der Waals surface area (Å²) in [6, 6.07) is 11.1. The van der Waals surface area contributed by atoms with Crippen molar-refractivity contribution in [2.45, 2.75) is 6.54 Å². The van der Waals surface area contributed by atoms with Crippen LogP contribution >= 0.6 is 0 Å². The van der Waals surface area contributed by atoms with Crippen molar-refractivity contribution in [3.63, 3.8) is 0 Å². The zero-order valence-corrected chi connectivity index (χ0v) is 10.4. The molecule has 96 valence electrons. The van der Waals surface area contributed by atoms with E-state index < -0.39 is 0 Å². The van der Waals surface area contributed by atoms with Gasteiger partial charge < -0.3 is 11.1 Å². The molecular weight excluding hydrogens is 238 g/mol. The molecular formula is C15H15N3O. The number of nitrogens with zero attached hydrogens (tertiary/aromatic N) is 1. The summed E-state index contributed by atoms with van der Waals surface area (Å²) in [6.07, 6.45) is 6.65. The third-order valence-electron chi connectivity index (χ3n) is 2.53. The van der Waals surface area contributed by atoms with Gasteiger partial charge in [0, 0.05) is 30.7 Å². The van der Waals surface area contributed by atoms with E-state index in [4.69, 9.17) is 5.73 Å². The fourth-order valence-corrected chi connectivity index (χ4v) is 1.59. The van der Waals surface area contributed by atoms with E-state index in [9.17, 15) is 4.79 Å². The molecule has 0 aliphatic rings. The summed E-state index contributed by atoms with van der Waals surface area (Å²) in [5.74, 6) is -0.147. The first-order chi connectivity index (χ1) is 9.24. The molecule has 1 aromatic carbocycles. The maximum absolute atomic E-state index is 11.6. The number of amides is 1. The van der Waals surface area contributed by atoms with Crippen LogP contribution in [0.25, 0.3) is 6.08 Å². The van der Waals surface area contributed by atoms with Crippen LogP contribution in [0.15, 0.2) is 54.9 Å². The molecule has 0 fully saturated rings. The third kappa shape index (κ3) is 4.27. The van der Waals surface area contributed by atoms with Crippen molar-refractivity contribution in [1.82, 2.24) is 10.3 Å². The van der Waals surface area contributed by atoms with Crippen LogP contribution < -0.4 is 11.1 Å². The Labute approximate surface area is 112 Å². The lowest BCUT2D eigenvalue weighted by Gasteiger charge is -2.01. The largest absolute Gasteiger partial charge is 0.399 e. The molecule has 0 radical (unpaired) electrons. The molecule has 2 rings (SSSR count). The highest BCUT2D eigenvalue weighted by Gasteiger charge is 1.96. The molecule has 0 saturated heterocycles. The van der Waals surface area contributed by atoms with E-state index in [-0.39, 0.29) is 5.91 Å². The molecule has 0 aliphatic heterocycles. The average Bonchev–Trinajstić information content (AvgIpc) is 2.44. The first-order valence-electron chi connectivity index (χ1n) is 5.94. The number of aromatic nitrogens is 1. The van der Waals surface area contributed by atoms with Gasteiger partial charge in [0.1, 0.15) is 0 Å². The summed E-state index contributed by atoms with van der Waals surface area (Å²) in [7, 11) is 0. The number of pyridine rings is 1. The van der Waals surface area contributed by atoms with E-state index in [2.05, 4.69) is 10.3 Å². The van der Waals surface area contributed by atoms with Crippen molar-refractivity contribution < 1.29 is 4.79 Å². The molecule has 0 spiro atoms. The topological polar surface area (TPSA) is 68.0 Å². The second-order valence-corrected chi connectivity index (χ2v) is 4.08. The van der Waals surface area contributed by atoms with Crippen LogP contribution in [0.4, 0.5) is 5.69 Å². The van der Waals surface area contributed by atoms with Gasteiger partial charge in [-0.05, 0) is 35.4 Å². The summed E-state index contributed by atoms with van der Waals surface area (Å²) in [5.41, 5.74) is 8.20. The minimum absolute atomic E-state index is 0.147. The number of benzene rings is 1. The molecule has 1 aromatic heterocycles. The lowest BCUT2D eigenvalue weighted by Crippen LogP contribution is -2.20. The third-order valence-corrected chi connectivity index (χ3v) is 2.53. The van der Waals surface area contributed by atoms with Gasteiger partial charge in [-0.15, -0.1) is 0 Å². The van der Waals surface area contributed by atoms with Crippen LogP contribution in [-0.4, -0.2) is 10.9 Å². The minimum atomic E-state index is -0.147. The number of carbonyl (C=O) groups is 1. The standard InChI is InChI=1S/C15H15N3O/c16-14-5-1-3-12(9-14)6-7-15(19)18-11-13-4-2-8-17-10-13/h1-10H,11,16H2,(H,18,19)/b7-6+. The monoisotopic (exact) mass is 253 g/mol. The smallest absolute Gasteiger partial charge is 0.244 e. The van der Waals surface area contributed by atoms with Crippen LogP contribution in [0.1, 0.15) is 11.1 Å². The van der Waals surface area contributed by atoms with Crippen molar-refractivity contribution in [3.05, 3.63) is 66.0 Å². The number of nitrogens with two attached hydrogens (primary N) is 1. The van der Waals surface area contributed by atoms with Crippen molar-refractivity contribution in [2.24, 2.45) is 0 Å². The zero-order valence-electron chi connectivity index (χ0n) is 10.4. The molecule has 2 aromatic rings. The van der Waals surface area contributed by atoms with Crippen LogP contribution in [0.3, 0.4) is 0 Å². The molecule has 0 bridgehead atoms. The van der Waals surface area contributed by atoms with Gasteiger partial charge in [-0.1, -0.05) is 18.2 Å². The zero-order chi connectivity index (χ0) is 13.5. The number of carbonyl (C=O) groups excluding carboxylic acids is 1. The molecule has 0 aliphatic carbocycles. The van der Waals surface area contributed by atoms with E-state index in [1.54, 1.807) is 24.5 Å².